The lowest BCUT2D eigenvalue weighted by atomic mass is 9.99. The quantitative estimate of drug-likeness (QED) is 0.878. The van der Waals surface area contributed by atoms with E-state index in [1.165, 1.54) is 6.07 Å². The van der Waals surface area contributed by atoms with Gasteiger partial charge in [0.15, 0.2) is 11.6 Å². The molecule has 1 aliphatic heterocycles. The average molecular weight is 308 g/mol. The van der Waals surface area contributed by atoms with Crippen molar-refractivity contribution in [2.45, 2.75) is 45.4 Å². The van der Waals surface area contributed by atoms with Gasteiger partial charge in [0.1, 0.15) is 5.60 Å². The highest BCUT2D eigenvalue weighted by molar-refractivity contribution is 5.85. The summed E-state index contributed by atoms with van der Waals surface area (Å²) in [6.07, 6.45) is 1.64. The fraction of sp³-hybridized carbons (Fsp3) is 0.438. The molecule has 0 saturated heterocycles. The molecule has 3 rings (SSSR count). The van der Waals surface area contributed by atoms with Gasteiger partial charge < -0.3 is 14.6 Å². The minimum atomic E-state index is -0.863. The number of alkyl carbamates (subject to hydrolysis) is 1. The van der Waals surface area contributed by atoms with Crippen LogP contribution >= 0.6 is 0 Å². The molecule has 0 spiro atoms. The first-order valence-corrected chi connectivity index (χ1v) is 7.20. The summed E-state index contributed by atoms with van der Waals surface area (Å²) in [4.78, 5) is 11.9. The third-order valence-corrected chi connectivity index (χ3v) is 3.62. The lowest BCUT2D eigenvalue weighted by Crippen LogP contribution is -2.43. The van der Waals surface area contributed by atoms with Crippen molar-refractivity contribution in [1.82, 2.24) is 9.88 Å². The standard InChI is InChI=1S/C16H18F2N2O2/c1-16(2,3)22-15(21)19-10-6-9-7-12(17)13(18)11-4-5-20(8-10)14(9)11/h4-5,7,10H,6,8H2,1-3H3,(H,19,21). The highest BCUT2D eigenvalue weighted by atomic mass is 19.2. The van der Waals surface area contributed by atoms with Gasteiger partial charge in [0.2, 0.25) is 0 Å². The normalized spacial score (nSPS) is 17.6. The number of hydrogen-bond donors (Lipinski definition) is 1. The maximum Gasteiger partial charge on any atom is 0.407 e. The lowest BCUT2D eigenvalue weighted by Gasteiger charge is -2.27. The molecule has 6 heteroatoms. The molecule has 1 aromatic carbocycles. The molecule has 118 valence electrons. The smallest absolute Gasteiger partial charge is 0.407 e. The zero-order valence-corrected chi connectivity index (χ0v) is 12.7. The molecule has 1 aliphatic rings. The Bertz CT molecular complexity index is 747. The number of carbonyl (C=O) groups excluding carboxylic acids is 1. The summed E-state index contributed by atoms with van der Waals surface area (Å²) in [7, 11) is 0. The molecule has 0 saturated carbocycles. The first-order valence-electron chi connectivity index (χ1n) is 7.20. The Morgan fingerprint density at radius 3 is 2.82 bits per heavy atom. The Morgan fingerprint density at radius 2 is 2.14 bits per heavy atom. The summed E-state index contributed by atoms with van der Waals surface area (Å²) in [5.74, 6) is -1.69. The summed E-state index contributed by atoms with van der Waals surface area (Å²) < 4.78 is 34.5. The minimum absolute atomic E-state index is 0.220. The maximum atomic E-state index is 13.8. The number of benzene rings is 1. The molecule has 1 N–H and O–H groups in total. The molecule has 4 nitrogen and oxygen atoms in total. The van der Waals surface area contributed by atoms with Crippen LogP contribution in [0.4, 0.5) is 13.6 Å². The second-order valence-electron chi connectivity index (χ2n) is 6.61. The van der Waals surface area contributed by atoms with Crippen molar-refractivity contribution in [2.24, 2.45) is 0 Å². The van der Waals surface area contributed by atoms with Crippen LogP contribution in [0, 0.1) is 11.6 Å². The number of halogens is 2. The van der Waals surface area contributed by atoms with E-state index in [0.717, 1.165) is 0 Å². The van der Waals surface area contributed by atoms with Gasteiger partial charge in [-0.15, -0.1) is 0 Å². The number of amides is 1. The fourth-order valence-corrected chi connectivity index (χ4v) is 2.87. The Labute approximate surface area is 127 Å². The van der Waals surface area contributed by atoms with E-state index in [9.17, 15) is 13.6 Å². The number of aromatic nitrogens is 1. The Hall–Kier alpha value is -2.11. The second kappa shape index (κ2) is 4.97. The van der Waals surface area contributed by atoms with E-state index < -0.39 is 23.3 Å². The molecule has 0 radical (unpaired) electrons. The van der Waals surface area contributed by atoms with Crippen molar-refractivity contribution in [3.8, 4) is 0 Å². The fourth-order valence-electron chi connectivity index (χ4n) is 2.87. The summed E-state index contributed by atoms with van der Waals surface area (Å²) >= 11 is 0. The van der Waals surface area contributed by atoms with Gasteiger partial charge in [-0.05, 0) is 44.9 Å². The lowest BCUT2D eigenvalue weighted by molar-refractivity contribution is 0.0498. The van der Waals surface area contributed by atoms with Crippen molar-refractivity contribution in [2.75, 3.05) is 0 Å². The van der Waals surface area contributed by atoms with Gasteiger partial charge in [-0.3, -0.25) is 0 Å². The topological polar surface area (TPSA) is 43.3 Å². The SMILES string of the molecule is CC(C)(C)OC(=O)NC1Cc2cc(F)c(F)c3ccn(c23)C1. The van der Waals surface area contributed by atoms with Crippen LogP contribution in [0.1, 0.15) is 26.3 Å². The van der Waals surface area contributed by atoms with Gasteiger partial charge in [0, 0.05) is 18.1 Å². The molecular formula is C16H18F2N2O2. The van der Waals surface area contributed by atoms with Crippen molar-refractivity contribution >= 4 is 17.0 Å². The molecule has 0 fully saturated rings. The molecule has 1 amide bonds. The summed E-state index contributed by atoms with van der Waals surface area (Å²) in [6, 6.07) is 2.55. The maximum absolute atomic E-state index is 13.8. The number of hydrogen-bond acceptors (Lipinski definition) is 2. The first kappa shape index (κ1) is 14.8. The molecule has 1 aromatic heterocycles. The summed E-state index contributed by atoms with van der Waals surface area (Å²) in [6.45, 7) is 5.87. The minimum Gasteiger partial charge on any atom is -0.444 e. The Morgan fingerprint density at radius 1 is 1.41 bits per heavy atom. The van der Waals surface area contributed by atoms with Gasteiger partial charge in [0.25, 0.3) is 0 Å². The van der Waals surface area contributed by atoms with Gasteiger partial charge in [0.05, 0.1) is 11.6 Å². The molecule has 0 bridgehead atoms. The first-order chi connectivity index (χ1) is 10.2. The predicted molar refractivity (Wildman–Crippen MR) is 78.7 cm³/mol. The van der Waals surface area contributed by atoms with Crippen LogP contribution in [0.5, 0.6) is 0 Å². The van der Waals surface area contributed by atoms with Crippen molar-refractivity contribution < 1.29 is 18.3 Å². The van der Waals surface area contributed by atoms with Gasteiger partial charge >= 0.3 is 6.09 Å². The molecule has 2 aromatic rings. The Balaban J connectivity index is 1.83. The number of carbonyl (C=O) groups is 1. The third kappa shape index (κ3) is 2.65. The third-order valence-electron chi connectivity index (χ3n) is 3.62. The van der Waals surface area contributed by atoms with Crippen LogP contribution in [0.3, 0.4) is 0 Å². The Kier molecular flexibility index (Phi) is 3.34. The number of ether oxygens (including phenoxy) is 1. The predicted octanol–water partition coefficient (Wildman–Crippen LogP) is 3.37. The highest BCUT2D eigenvalue weighted by Crippen LogP contribution is 2.30. The van der Waals surface area contributed by atoms with Gasteiger partial charge in [-0.2, -0.15) is 0 Å². The van der Waals surface area contributed by atoms with Crippen molar-refractivity contribution in [1.29, 1.82) is 0 Å². The van der Waals surface area contributed by atoms with E-state index in [0.29, 0.717) is 24.0 Å². The zero-order chi connectivity index (χ0) is 16.1. The summed E-state index contributed by atoms with van der Waals surface area (Å²) in [5, 5.41) is 3.07. The van der Waals surface area contributed by atoms with E-state index in [1.807, 2.05) is 4.57 Å². The highest BCUT2D eigenvalue weighted by Gasteiger charge is 2.26. The monoisotopic (exact) mass is 308 g/mol. The molecule has 1 atom stereocenters. The molecule has 22 heavy (non-hydrogen) atoms. The number of nitrogens with zero attached hydrogens (tertiary/aromatic N) is 1. The molecule has 0 aliphatic carbocycles. The molecular weight excluding hydrogens is 290 g/mol. The molecule has 1 unspecified atom stereocenters. The van der Waals surface area contributed by atoms with Crippen LogP contribution in [0.25, 0.3) is 10.9 Å². The van der Waals surface area contributed by atoms with E-state index >= 15 is 0 Å². The second-order valence-corrected chi connectivity index (χ2v) is 6.61. The van der Waals surface area contributed by atoms with Crippen LogP contribution in [-0.2, 0) is 17.7 Å². The van der Waals surface area contributed by atoms with Crippen LogP contribution in [-0.4, -0.2) is 22.3 Å². The number of rotatable bonds is 1. The number of nitrogens with one attached hydrogen (secondary N) is 1. The van der Waals surface area contributed by atoms with E-state index in [-0.39, 0.29) is 11.4 Å². The van der Waals surface area contributed by atoms with Crippen LogP contribution in [0.15, 0.2) is 18.3 Å². The average Bonchev–Trinajstić information content (AvgIpc) is 2.78. The zero-order valence-electron chi connectivity index (χ0n) is 12.7. The van der Waals surface area contributed by atoms with Crippen molar-refractivity contribution in [3.63, 3.8) is 0 Å². The van der Waals surface area contributed by atoms with E-state index in [4.69, 9.17) is 4.74 Å². The van der Waals surface area contributed by atoms with Gasteiger partial charge in [-0.25, -0.2) is 13.6 Å². The van der Waals surface area contributed by atoms with Crippen LogP contribution < -0.4 is 5.32 Å². The molecule has 2 heterocycles. The van der Waals surface area contributed by atoms with E-state index in [1.54, 1.807) is 33.0 Å². The largest absolute Gasteiger partial charge is 0.444 e. The van der Waals surface area contributed by atoms with Gasteiger partial charge in [-0.1, -0.05) is 0 Å². The van der Waals surface area contributed by atoms with Crippen LogP contribution in [0.2, 0.25) is 0 Å². The summed E-state index contributed by atoms with van der Waals surface area (Å²) in [5.41, 5.74) is 0.805. The van der Waals surface area contributed by atoms with Crippen molar-refractivity contribution in [3.05, 3.63) is 35.5 Å². The van der Waals surface area contributed by atoms with E-state index in [2.05, 4.69) is 5.32 Å².